The molecule has 184 valence electrons. The van der Waals surface area contributed by atoms with Crippen LogP contribution in [0.2, 0.25) is 0 Å². The van der Waals surface area contributed by atoms with Crippen molar-refractivity contribution in [3.63, 3.8) is 0 Å². The Morgan fingerprint density at radius 2 is 1.73 bits per heavy atom. The standard InChI is InChI=1S/C25H39N3O4S/c1-18-15-27(16-19(2)32-18)25(3,4)17-26-24(29)21-10-12-28(13-11-21)33(30,31)23-9-8-20-6-5-7-22(20)14-23/h8-9,14,18-19,21H,5-7,10-13,15-17H2,1-4H3,(H,26,29)/t18-,19-/m1/s1. The van der Waals surface area contributed by atoms with E-state index >= 15 is 0 Å². The molecule has 7 nitrogen and oxygen atoms in total. The van der Waals surface area contributed by atoms with Gasteiger partial charge < -0.3 is 10.1 Å². The van der Waals surface area contributed by atoms with E-state index in [-0.39, 0.29) is 29.6 Å². The first kappa shape index (κ1) is 24.6. The fraction of sp³-hybridized carbons (Fsp3) is 0.720. The van der Waals surface area contributed by atoms with Gasteiger partial charge in [0, 0.05) is 44.2 Å². The zero-order valence-corrected chi connectivity index (χ0v) is 21.3. The Bertz CT molecular complexity index is 960. The van der Waals surface area contributed by atoms with Gasteiger partial charge >= 0.3 is 0 Å². The summed E-state index contributed by atoms with van der Waals surface area (Å²) in [5, 5.41) is 3.14. The van der Waals surface area contributed by atoms with Gasteiger partial charge in [0.2, 0.25) is 15.9 Å². The molecule has 1 aromatic carbocycles. The number of hydrogen-bond donors (Lipinski definition) is 1. The third kappa shape index (κ3) is 5.45. The van der Waals surface area contributed by atoms with Crippen molar-refractivity contribution in [1.82, 2.24) is 14.5 Å². The van der Waals surface area contributed by atoms with Crippen molar-refractivity contribution in [2.45, 2.75) is 82.4 Å². The number of nitrogens with one attached hydrogen (secondary N) is 1. The van der Waals surface area contributed by atoms with Gasteiger partial charge in [-0.1, -0.05) is 6.07 Å². The summed E-state index contributed by atoms with van der Waals surface area (Å²) in [7, 11) is -3.51. The van der Waals surface area contributed by atoms with Crippen LogP contribution in [0, 0.1) is 5.92 Å². The smallest absolute Gasteiger partial charge is 0.243 e. The third-order valence-corrected chi connectivity index (χ3v) is 9.40. The number of piperidine rings is 1. The van der Waals surface area contributed by atoms with Crippen LogP contribution in [0.15, 0.2) is 23.1 Å². The van der Waals surface area contributed by atoms with Gasteiger partial charge in [-0.2, -0.15) is 4.31 Å². The lowest BCUT2D eigenvalue weighted by Gasteiger charge is -2.45. The highest BCUT2D eigenvalue weighted by Gasteiger charge is 2.36. The summed E-state index contributed by atoms with van der Waals surface area (Å²) < 4.78 is 33.7. The summed E-state index contributed by atoms with van der Waals surface area (Å²) in [6.45, 7) is 11.5. The predicted octanol–water partition coefficient (Wildman–Crippen LogP) is 2.58. The number of nitrogens with zero attached hydrogens (tertiary/aromatic N) is 2. The molecule has 0 bridgehead atoms. The molecule has 0 saturated carbocycles. The van der Waals surface area contributed by atoms with Crippen LogP contribution in [0.4, 0.5) is 0 Å². The molecule has 2 aliphatic heterocycles. The van der Waals surface area contributed by atoms with Gasteiger partial charge in [0.15, 0.2) is 0 Å². The molecular formula is C25H39N3O4S. The fourth-order valence-corrected chi connectivity index (χ4v) is 6.97. The maximum atomic E-state index is 13.2. The Balaban J connectivity index is 1.30. The van der Waals surface area contributed by atoms with Gasteiger partial charge in [0.05, 0.1) is 17.1 Å². The van der Waals surface area contributed by atoms with Gasteiger partial charge in [-0.05, 0) is 83.1 Å². The molecular weight excluding hydrogens is 438 g/mol. The molecule has 2 saturated heterocycles. The first-order chi connectivity index (χ1) is 15.6. The molecule has 2 heterocycles. The summed E-state index contributed by atoms with van der Waals surface area (Å²) in [5.74, 6) is -0.109. The fourth-order valence-electron chi connectivity index (χ4n) is 5.45. The lowest BCUT2D eigenvalue weighted by atomic mass is 9.95. The van der Waals surface area contributed by atoms with Crippen molar-refractivity contribution in [3.05, 3.63) is 29.3 Å². The van der Waals surface area contributed by atoms with Crippen LogP contribution in [0.25, 0.3) is 0 Å². The summed E-state index contributed by atoms with van der Waals surface area (Å²) in [6, 6.07) is 5.56. The lowest BCUT2D eigenvalue weighted by molar-refractivity contribution is -0.127. The maximum absolute atomic E-state index is 13.2. The second kappa shape index (κ2) is 9.64. The molecule has 0 unspecified atom stereocenters. The zero-order chi connectivity index (χ0) is 23.8. The van der Waals surface area contributed by atoms with E-state index in [2.05, 4.69) is 37.9 Å². The van der Waals surface area contributed by atoms with E-state index in [1.807, 2.05) is 12.1 Å². The first-order valence-corrected chi connectivity index (χ1v) is 13.8. The number of amides is 1. The Morgan fingerprint density at radius 1 is 1.09 bits per heavy atom. The minimum Gasteiger partial charge on any atom is -0.373 e. The van der Waals surface area contributed by atoms with Gasteiger partial charge in [-0.25, -0.2) is 8.42 Å². The number of fused-ring (bicyclic) bond motifs is 1. The average Bonchev–Trinajstić information content (AvgIpc) is 3.25. The number of benzene rings is 1. The number of carbonyl (C=O) groups is 1. The normalized spacial score (nSPS) is 25.7. The van der Waals surface area contributed by atoms with Crippen molar-refractivity contribution >= 4 is 15.9 Å². The van der Waals surface area contributed by atoms with E-state index in [0.29, 0.717) is 37.4 Å². The summed E-state index contributed by atoms with van der Waals surface area (Å²) in [4.78, 5) is 15.7. The van der Waals surface area contributed by atoms with Crippen LogP contribution in [-0.4, -0.2) is 74.0 Å². The van der Waals surface area contributed by atoms with Gasteiger partial charge in [-0.15, -0.1) is 0 Å². The molecule has 33 heavy (non-hydrogen) atoms. The average molecular weight is 478 g/mol. The van der Waals surface area contributed by atoms with Crippen LogP contribution >= 0.6 is 0 Å². The highest BCUT2D eigenvalue weighted by Crippen LogP contribution is 2.29. The topological polar surface area (TPSA) is 79.0 Å². The number of sulfonamides is 1. The van der Waals surface area contributed by atoms with Crippen molar-refractivity contribution in [3.8, 4) is 0 Å². The number of morpholine rings is 1. The van der Waals surface area contributed by atoms with Crippen molar-refractivity contribution in [1.29, 1.82) is 0 Å². The second-order valence-electron chi connectivity index (χ2n) is 10.7. The van der Waals surface area contributed by atoms with Crippen LogP contribution in [-0.2, 0) is 32.4 Å². The SMILES string of the molecule is C[C@@H]1CN(C(C)(C)CNC(=O)C2CCN(S(=O)(=O)c3ccc4c(c3)CCC4)CC2)C[C@@H](C)O1. The van der Waals surface area contributed by atoms with Crippen LogP contribution in [0.1, 0.15) is 58.1 Å². The Labute approximate surface area is 198 Å². The molecule has 3 aliphatic rings. The van der Waals surface area contributed by atoms with E-state index in [0.717, 1.165) is 37.9 Å². The predicted molar refractivity (Wildman–Crippen MR) is 129 cm³/mol. The minimum absolute atomic E-state index is 0.0343. The molecule has 1 N–H and O–H groups in total. The molecule has 2 fully saturated rings. The number of hydrogen-bond acceptors (Lipinski definition) is 5. The molecule has 0 radical (unpaired) electrons. The summed E-state index contributed by atoms with van der Waals surface area (Å²) in [5.41, 5.74) is 2.27. The van der Waals surface area contributed by atoms with E-state index in [9.17, 15) is 13.2 Å². The van der Waals surface area contributed by atoms with Crippen LogP contribution < -0.4 is 5.32 Å². The van der Waals surface area contributed by atoms with Crippen LogP contribution in [0.5, 0.6) is 0 Å². The Kier molecular flexibility index (Phi) is 7.20. The van der Waals surface area contributed by atoms with E-state index in [4.69, 9.17) is 4.74 Å². The zero-order valence-electron chi connectivity index (χ0n) is 20.5. The van der Waals surface area contributed by atoms with Gasteiger partial charge in [0.1, 0.15) is 0 Å². The third-order valence-electron chi connectivity index (χ3n) is 7.50. The summed E-state index contributed by atoms with van der Waals surface area (Å²) in [6.07, 6.45) is 4.57. The number of ether oxygens (including phenoxy) is 1. The molecule has 8 heteroatoms. The molecule has 2 atom stereocenters. The Morgan fingerprint density at radius 3 is 2.39 bits per heavy atom. The largest absolute Gasteiger partial charge is 0.373 e. The van der Waals surface area contributed by atoms with Gasteiger partial charge in [-0.3, -0.25) is 9.69 Å². The Hall–Kier alpha value is -1.48. The van der Waals surface area contributed by atoms with E-state index in [1.165, 1.54) is 5.56 Å². The molecule has 0 aromatic heterocycles. The minimum atomic E-state index is -3.51. The number of carbonyl (C=O) groups excluding carboxylic acids is 1. The van der Waals surface area contributed by atoms with E-state index < -0.39 is 10.0 Å². The highest BCUT2D eigenvalue weighted by molar-refractivity contribution is 7.89. The number of aryl methyl sites for hydroxylation is 2. The molecule has 1 amide bonds. The van der Waals surface area contributed by atoms with Crippen molar-refractivity contribution in [2.24, 2.45) is 5.92 Å². The maximum Gasteiger partial charge on any atom is 0.243 e. The number of rotatable bonds is 6. The lowest BCUT2D eigenvalue weighted by Crippen LogP contribution is -2.59. The van der Waals surface area contributed by atoms with E-state index in [1.54, 1.807) is 10.4 Å². The molecule has 1 aromatic rings. The molecule has 4 rings (SSSR count). The highest BCUT2D eigenvalue weighted by atomic mass is 32.2. The molecule has 1 aliphatic carbocycles. The monoisotopic (exact) mass is 477 g/mol. The second-order valence-corrected chi connectivity index (χ2v) is 12.6. The quantitative estimate of drug-likeness (QED) is 0.681. The van der Waals surface area contributed by atoms with Crippen molar-refractivity contribution in [2.75, 3.05) is 32.7 Å². The van der Waals surface area contributed by atoms with Gasteiger partial charge in [0.25, 0.3) is 0 Å². The first-order valence-electron chi connectivity index (χ1n) is 12.4. The van der Waals surface area contributed by atoms with Crippen LogP contribution in [0.3, 0.4) is 0 Å². The molecule has 0 spiro atoms. The van der Waals surface area contributed by atoms with Crippen molar-refractivity contribution < 1.29 is 17.9 Å². The summed E-state index contributed by atoms with van der Waals surface area (Å²) >= 11 is 0.